The van der Waals surface area contributed by atoms with Crippen molar-refractivity contribution in [1.29, 1.82) is 0 Å². The van der Waals surface area contributed by atoms with Crippen molar-refractivity contribution in [2.24, 2.45) is 11.8 Å². The van der Waals surface area contributed by atoms with Gasteiger partial charge in [0.05, 0.1) is 33.9 Å². The number of imidazole rings is 1. The molecule has 3 N–H and O–H groups in total. The Morgan fingerprint density at radius 1 is 1.19 bits per heavy atom. The maximum atomic E-state index is 14.4. The van der Waals surface area contributed by atoms with E-state index in [9.17, 15) is 14.0 Å². The number of rotatable bonds is 5. The van der Waals surface area contributed by atoms with Crippen molar-refractivity contribution >= 4 is 39.6 Å². The molecule has 0 spiro atoms. The zero-order valence-electron chi connectivity index (χ0n) is 17.7. The summed E-state index contributed by atoms with van der Waals surface area (Å²) in [6.45, 7) is 4.15. The number of nitrogens with zero attached hydrogens (tertiary/aromatic N) is 3. The number of benzene rings is 2. The lowest BCUT2D eigenvalue weighted by Gasteiger charge is -2.22. The Labute approximate surface area is 183 Å². The number of hydrogen-bond acceptors (Lipinski definition) is 4. The lowest BCUT2D eigenvalue weighted by atomic mass is 10.0. The molecule has 2 aromatic heterocycles. The first-order valence-corrected chi connectivity index (χ1v) is 10.6. The maximum absolute atomic E-state index is 14.4. The monoisotopic (exact) mass is 434 g/mol. The molecule has 32 heavy (non-hydrogen) atoms. The van der Waals surface area contributed by atoms with E-state index in [0.29, 0.717) is 11.3 Å². The predicted octanol–water partition coefficient (Wildman–Crippen LogP) is 3.44. The van der Waals surface area contributed by atoms with Crippen molar-refractivity contribution in [1.82, 2.24) is 25.5 Å². The molecule has 1 aliphatic rings. The summed E-state index contributed by atoms with van der Waals surface area (Å²) < 4.78 is 14.4. The molecule has 5 rings (SSSR count). The van der Waals surface area contributed by atoms with E-state index in [0.717, 1.165) is 11.0 Å². The van der Waals surface area contributed by atoms with E-state index in [1.165, 1.54) is 11.0 Å². The second-order valence-electron chi connectivity index (χ2n) is 8.48. The van der Waals surface area contributed by atoms with Crippen LogP contribution in [0.3, 0.4) is 0 Å². The summed E-state index contributed by atoms with van der Waals surface area (Å²) in [6.07, 6.45) is 0.0413. The zero-order chi connectivity index (χ0) is 22.4. The fraction of sp³-hybridized carbons (Fsp3) is 0.304. The number of carbonyl (C=O) groups excluding carboxylic acids is 2. The highest BCUT2D eigenvalue weighted by Gasteiger charge is 2.38. The Morgan fingerprint density at radius 3 is 2.75 bits per heavy atom. The number of carbonyl (C=O) groups is 2. The Bertz CT molecular complexity index is 1290. The standard InChI is InChI=1S/C23H23FN6O2/c1-12(2)20(21-25-15-7-3-4-8-16(15)26-21)27-23(32)13-10-18(31)30(11-13)22-19-14(24)6-5-9-17(19)28-29-22/h3-9,12-13,20H,10-11H2,1-2H3,(H,25,26)(H,27,32)(H,28,29)/t13-,20+/m1/s1. The van der Waals surface area contributed by atoms with Gasteiger partial charge in [-0.25, -0.2) is 9.37 Å². The second kappa shape index (κ2) is 7.74. The molecule has 1 aliphatic heterocycles. The predicted molar refractivity (Wildman–Crippen MR) is 118 cm³/mol. The molecule has 2 aromatic carbocycles. The number of anilines is 1. The van der Waals surface area contributed by atoms with Gasteiger partial charge in [-0.05, 0) is 30.2 Å². The second-order valence-corrected chi connectivity index (χ2v) is 8.48. The fourth-order valence-corrected chi connectivity index (χ4v) is 4.24. The lowest BCUT2D eigenvalue weighted by molar-refractivity contribution is -0.127. The van der Waals surface area contributed by atoms with Crippen molar-refractivity contribution < 1.29 is 14.0 Å². The summed E-state index contributed by atoms with van der Waals surface area (Å²) in [7, 11) is 0. The Balaban J connectivity index is 1.36. The number of halogens is 1. The normalized spacial score (nSPS) is 17.6. The van der Waals surface area contributed by atoms with Gasteiger partial charge in [-0.2, -0.15) is 5.10 Å². The van der Waals surface area contributed by atoms with Crippen LogP contribution in [0, 0.1) is 17.7 Å². The van der Waals surface area contributed by atoms with Gasteiger partial charge in [0.1, 0.15) is 11.6 Å². The Kier molecular flexibility index (Phi) is 4.88. The molecule has 0 bridgehead atoms. The van der Waals surface area contributed by atoms with Crippen molar-refractivity contribution in [3.8, 4) is 0 Å². The van der Waals surface area contributed by atoms with Gasteiger partial charge in [0.25, 0.3) is 0 Å². The molecule has 4 aromatic rings. The molecule has 0 saturated carbocycles. The van der Waals surface area contributed by atoms with Crippen molar-refractivity contribution in [2.75, 3.05) is 11.4 Å². The van der Waals surface area contributed by atoms with E-state index in [1.807, 2.05) is 38.1 Å². The summed E-state index contributed by atoms with van der Waals surface area (Å²) in [5, 5.41) is 10.2. The van der Waals surface area contributed by atoms with Gasteiger partial charge in [0.2, 0.25) is 11.8 Å². The number of H-pyrrole nitrogens is 2. The smallest absolute Gasteiger partial charge is 0.229 e. The molecule has 164 valence electrons. The minimum atomic E-state index is -0.563. The van der Waals surface area contributed by atoms with Gasteiger partial charge in [-0.15, -0.1) is 0 Å². The number of amides is 2. The van der Waals surface area contributed by atoms with Gasteiger partial charge in [0.15, 0.2) is 5.82 Å². The van der Waals surface area contributed by atoms with Crippen LogP contribution >= 0.6 is 0 Å². The SMILES string of the molecule is CC(C)[C@H](NC(=O)[C@@H]1CC(=O)N(c2n[nH]c3cccc(F)c23)C1)c1nc2ccccc2[nH]1. The van der Waals surface area contributed by atoms with Crippen LogP contribution in [-0.4, -0.2) is 38.5 Å². The minimum Gasteiger partial charge on any atom is -0.346 e. The van der Waals surface area contributed by atoms with E-state index in [-0.39, 0.29) is 47.9 Å². The highest BCUT2D eigenvalue weighted by atomic mass is 19.1. The Hall–Kier alpha value is -3.75. The average molecular weight is 434 g/mol. The van der Waals surface area contributed by atoms with E-state index in [1.54, 1.807) is 12.1 Å². The van der Waals surface area contributed by atoms with Gasteiger partial charge in [0, 0.05) is 13.0 Å². The van der Waals surface area contributed by atoms with Crippen LogP contribution in [0.1, 0.15) is 32.1 Å². The van der Waals surface area contributed by atoms with Gasteiger partial charge in [-0.3, -0.25) is 19.6 Å². The molecule has 0 aliphatic carbocycles. The van der Waals surface area contributed by atoms with Gasteiger partial charge < -0.3 is 10.3 Å². The molecule has 8 nitrogen and oxygen atoms in total. The lowest BCUT2D eigenvalue weighted by Crippen LogP contribution is -2.38. The van der Waals surface area contributed by atoms with Crippen LogP contribution in [0.2, 0.25) is 0 Å². The third kappa shape index (κ3) is 3.39. The molecule has 1 saturated heterocycles. The summed E-state index contributed by atoms with van der Waals surface area (Å²) in [4.78, 5) is 35.1. The van der Waals surface area contributed by atoms with Crippen molar-refractivity contribution in [2.45, 2.75) is 26.3 Å². The average Bonchev–Trinajstić information content (AvgIpc) is 3.47. The first-order chi connectivity index (χ1) is 15.4. The number of aromatic nitrogens is 4. The van der Waals surface area contributed by atoms with Crippen LogP contribution in [0.4, 0.5) is 10.2 Å². The number of fused-ring (bicyclic) bond motifs is 2. The zero-order valence-corrected chi connectivity index (χ0v) is 17.7. The molecule has 2 amide bonds. The molecule has 1 fully saturated rings. The molecule has 0 radical (unpaired) electrons. The van der Waals surface area contributed by atoms with Crippen molar-refractivity contribution in [3.63, 3.8) is 0 Å². The summed E-state index contributed by atoms with van der Waals surface area (Å²) in [5.74, 6) is -0.542. The van der Waals surface area contributed by atoms with Crippen LogP contribution < -0.4 is 10.2 Å². The molecule has 2 atom stereocenters. The molecule has 3 heterocycles. The number of hydrogen-bond donors (Lipinski definition) is 3. The van der Waals surface area contributed by atoms with Crippen molar-refractivity contribution in [3.05, 3.63) is 54.1 Å². The fourth-order valence-electron chi connectivity index (χ4n) is 4.24. The molecule has 9 heteroatoms. The van der Waals surface area contributed by atoms with Crippen LogP contribution in [-0.2, 0) is 9.59 Å². The van der Waals surface area contributed by atoms with Gasteiger partial charge >= 0.3 is 0 Å². The number of nitrogens with one attached hydrogen (secondary N) is 3. The Morgan fingerprint density at radius 2 is 1.97 bits per heavy atom. The molecular formula is C23H23FN6O2. The minimum absolute atomic E-state index is 0.0413. The first-order valence-electron chi connectivity index (χ1n) is 10.6. The quantitative estimate of drug-likeness (QED) is 0.447. The topological polar surface area (TPSA) is 107 Å². The maximum Gasteiger partial charge on any atom is 0.229 e. The summed E-state index contributed by atoms with van der Waals surface area (Å²) >= 11 is 0. The third-order valence-electron chi connectivity index (χ3n) is 5.94. The summed E-state index contributed by atoms with van der Waals surface area (Å²) in [5.41, 5.74) is 2.24. The number of aromatic amines is 2. The van der Waals surface area contributed by atoms with E-state index < -0.39 is 11.7 Å². The molecule has 0 unspecified atom stereocenters. The largest absolute Gasteiger partial charge is 0.346 e. The van der Waals surface area contributed by atoms with Crippen LogP contribution in [0.5, 0.6) is 0 Å². The third-order valence-corrected chi connectivity index (χ3v) is 5.94. The van der Waals surface area contributed by atoms with Gasteiger partial charge in [-0.1, -0.05) is 32.0 Å². The van der Waals surface area contributed by atoms with Crippen LogP contribution in [0.25, 0.3) is 21.9 Å². The van der Waals surface area contributed by atoms with E-state index >= 15 is 0 Å². The highest BCUT2D eigenvalue weighted by Crippen LogP contribution is 2.32. The van der Waals surface area contributed by atoms with E-state index in [4.69, 9.17) is 0 Å². The van der Waals surface area contributed by atoms with Crippen LogP contribution in [0.15, 0.2) is 42.5 Å². The first kappa shape index (κ1) is 20.2. The van der Waals surface area contributed by atoms with E-state index in [2.05, 4.69) is 25.5 Å². The highest BCUT2D eigenvalue weighted by molar-refractivity contribution is 6.05. The molecular weight excluding hydrogens is 411 g/mol. The summed E-state index contributed by atoms with van der Waals surface area (Å²) in [6, 6.07) is 12.0. The number of para-hydroxylation sites is 2.